The highest BCUT2D eigenvalue weighted by molar-refractivity contribution is 6.30. The fraction of sp³-hybridized carbons (Fsp3) is 0.333. The van der Waals surface area contributed by atoms with E-state index in [2.05, 4.69) is 10.2 Å². The Morgan fingerprint density at radius 2 is 1.79 bits per heavy atom. The first kappa shape index (κ1) is 20.0. The average molecular weight is 402 g/mol. The molecule has 148 valence electrons. The highest BCUT2D eigenvalue weighted by Gasteiger charge is 2.27. The number of methoxy groups -OCH3 is 1. The summed E-state index contributed by atoms with van der Waals surface area (Å²) in [5.41, 5.74) is 2.01. The first-order valence-electron chi connectivity index (χ1n) is 9.24. The van der Waals surface area contributed by atoms with Gasteiger partial charge < -0.3 is 19.9 Å². The van der Waals surface area contributed by atoms with Crippen molar-refractivity contribution < 1.29 is 14.3 Å². The highest BCUT2D eigenvalue weighted by atomic mass is 35.5. The topological polar surface area (TPSA) is 61.9 Å². The Morgan fingerprint density at radius 3 is 2.43 bits per heavy atom. The van der Waals surface area contributed by atoms with E-state index in [1.165, 1.54) is 7.11 Å². The summed E-state index contributed by atoms with van der Waals surface area (Å²) >= 11 is 6.07. The maximum atomic E-state index is 12.7. The highest BCUT2D eigenvalue weighted by Crippen LogP contribution is 2.20. The largest absolute Gasteiger partial charge is 0.467 e. The summed E-state index contributed by atoms with van der Waals surface area (Å²) in [6, 6.07) is 16.3. The molecule has 2 aromatic carbocycles. The lowest BCUT2D eigenvalue weighted by molar-refractivity contribution is -0.142. The van der Waals surface area contributed by atoms with Gasteiger partial charge in [-0.1, -0.05) is 48.0 Å². The Balaban J connectivity index is 1.57. The van der Waals surface area contributed by atoms with E-state index in [9.17, 15) is 9.59 Å². The molecule has 1 aliphatic heterocycles. The number of halogens is 1. The summed E-state index contributed by atoms with van der Waals surface area (Å²) in [6.45, 7) is 2.54. The van der Waals surface area contributed by atoms with E-state index in [0.29, 0.717) is 37.6 Å². The van der Waals surface area contributed by atoms with Crippen molar-refractivity contribution in [1.82, 2.24) is 10.2 Å². The molecule has 2 aromatic rings. The van der Waals surface area contributed by atoms with Crippen molar-refractivity contribution in [3.05, 3.63) is 65.2 Å². The fourth-order valence-electron chi connectivity index (χ4n) is 3.27. The summed E-state index contributed by atoms with van der Waals surface area (Å²) in [4.78, 5) is 28.7. The molecule has 0 spiro atoms. The number of nitrogens with one attached hydrogen (secondary N) is 1. The van der Waals surface area contributed by atoms with Crippen LogP contribution in [0, 0.1) is 0 Å². The van der Waals surface area contributed by atoms with Crippen LogP contribution in [0.25, 0.3) is 0 Å². The molecule has 28 heavy (non-hydrogen) atoms. The third kappa shape index (κ3) is 5.16. The Labute approximate surface area is 170 Å². The quantitative estimate of drug-likeness (QED) is 0.782. The van der Waals surface area contributed by atoms with Gasteiger partial charge in [-0.05, 0) is 23.8 Å². The van der Waals surface area contributed by atoms with Gasteiger partial charge in [-0.15, -0.1) is 0 Å². The molecule has 1 fully saturated rings. The molecule has 6 nitrogen and oxygen atoms in total. The molecule has 0 unspecified atom stereocenters. The zero-order chi connectivity index (χ0) is 19.9. The Hall–Kier alpha value is -2.73. The number of hydrogen-bond acceptors (Lipinski definition) is 4. The maximum absolute atomic E-state index is 12.7. The van der Waals surface area contributed by atoms with E-state index in [-0.39, 0.29) is 6.03 Å². The molecule has 0 aromatic heterocycles. The summed E-state index contributed by atoms with van der Waals surface area (Å²) in [6.07, 6.45) is 0.391. The van der Waals surface area contributed by atoms with Crippen molar-refractivity contribution >= 4 is 29.3 Å². The molecule has 1 aliphatic rings. The van der Waals surface area contributed by atoms with Gasteiger partial charge in [0.25, 0.3) is 0 Å². The zero-order valence-corrected chi connectivity index (χ0v) is 16.6. The van der Waals surface area contributed by atoms with Gasteiger partial charge in [-0.25, -0.2) is 9.59 Å². The number of hydrogen-bond donors (Lipinski definition) is 1. The average Bonchev–Trinajstić information content (AvgIpc) is 2.73. The van der Waals surface area contributed by atoms with E-state index < -0.39 is 12.0 Å². The number of benzene rings is 2. The number of carbonyl (C=O) groups is 2. The second kappa shape index (κ2) is 9.46. The molecular weight excluding hydrogens is 378 g/mol. The van der Waals surface area contributed by atoms with Crippen LogP contribution in [0.1, 0.15) is 5.56 Å². The van der Waals surface area contributed by atoms with Gasteiger partial charge in [0, 0.05) is 43.3 Å². The van der Waals surface area contributed by atoms with E-state index in [1.54, 1.807) is 4.90 Å². The maximum Gasteiger partial charge on any atom is 0.328 e. The molecular formula is C21H24ClN3O3. The van der Waals surface area contributed by atoms with Crippen molar-refractivity contribution in [1.29, 1.82) is 0 Å². The van der Waals surface area contributed by atoms with E-state index >= 15 is 0 Å². The number of amides is 2. The second-order valence-electron chi connectivity index (χ2n) is 6.67. The lowest BCUT2D eigenvalue weighted by Gasteiger charge is -2.36. The van der Waals surface area contributed by atoms with Gasteiger partial charge in [0.15, 0.2) is 0 Å². The SMILES string of the molecule is COC(=O)[C@H](Cc1ccccc1)NC(=O)N1CCN(c2cccc(Cl)c2)CC1. The van der Waals surface area contributed by atoms with Crippen LogP contribution in [-0.4, -0.2) is 56.2 Å². The number of anilines is 1. The van der Waals surface area contributed by atoms with Gasteiger partial charge in [-0.2, -0.15) is 0 Å². The van der Waals surface area contributed by atoms with Crippen LogP contribution in [0.5, 0.6) is 0 Å². The Morgan fingerprint density at radius 1 is 1.07 bits per heavy atom. The number of ether oxygens (including phenoxy) is 1. The van der Waals surface area contributed by atoms with Gasteiger partial charge in [-0.3, -0.25) is 0 Å². The molecule has 0 aliphatic carbocycles. The van der Waals surface area contributed by atoms with Gasteiger partial charge in [0.2, 0.25) is 0 Å². The predicted molar refractivity (Wildman–Crippen MR) is 110 cm³/mol. The summed E-state index contributed by atoms with van der Waals surface area (Å²) in [7, 11) is 1.33. The van der Waals surface area contributed by atoms with Crippen LogP contribution in [0.3, 0.4) is 0 Å². The molecule has 7 heteroatoms. The van der Waals surface area contributed by atoms with Gasteiger partial charge in [0.1, 0.15) is 6.04 Å². The molecule has 2 amide bonds. The molecule has 1 N–H and O–H groups in total. The third-order valence-electron chi connectivity index (χ3n) is 4.81. The van der Waals surface area contributed by atoms with Crippen LogP contribution in [-0.2, 0) is 16.0 Å². The Kier molecular flexibility index (Phi) is 6.76. The molecule has 3 rings (SSSR count). The van der Waals surface area contributed by atoms with Crippen LogP contribution >= 0.6 is 11.6 Å². The van der Waals surface area contributed by atoms with E-state index in [4.69, 9.17) is 16.3 Å². The fourth-order valence-corrected chi connectivity index (χ4v) is 3.45. The van der Waals surface area contributed by atoms with Crippen LogP contribution in [0.2, 0.25) is 5.02 Å². The zero-order valence-electron chi connectivity index (χ0n) is 15.8. The standard InChI is InChI=1S/C21H24ClN3O3/c1-28-20(26)19(14-16-6-3-2-4-7-16)23-21(27)25-12-10-24(11-13-25)18-9-5-8-17(22)15-18/h2-9,15,19H,10-14H2,1H3,(H,23,27)/t19-/m0/s1. The first-order chi connectivity index (χ1) is 13.6. The van der Waals surface area contributed by atoms with Crippen LogP contribution in [0.4, 0.5) is 10.5 Å². The lowest BCUT2D eigenvalue weighted by Crippen LogP contribution is -2.55. The third-order valence-corrected chi connectivity index (χ3v) is 5.04. The van der Waals surface area contributed by atoms with E-state index in [1.807, 2.05) is 54.6 Å². The summed E-state index contributed by atoms with van der Waals surface area (Å²) < 4.78 is 4.87. The van der Waals surface area contributed by atoms with Crippen molar-refractivity contribution in [3.63, 3.8) is 0 Å². The lowest BCUT2D eigenvalue weighted by atomic mass is 10.1. The molecule has 1 heterocycles. The van der Waals surface area contributed by atoms with E-state index in [0.717, 1.165) is 11.3 Å². The Bertz CT molecular complexity index is 808. The van der Waals surface area contributed by atoms with Gasteiger partial charge >= 0.3 is 12.0 Å². The minimum atomic E-state index is -0.717. The van der Waals surface area contributed by atoms with Crippen molar-refractivity contribution in [2.24, 2.45) is 0 Å². The van der Waals surface area contributed by atoms with Crippen molar-refractivity contribution in [2.45, 2.75) is 12.5 Å². The van der Waals surface area contributed by atoms with Crippen molar-refractivity contribution in [3.8, 4) is 0 Å². The summed E-state index contributed by atoms with van der Waals surface area (Å²) in [5.74, 6) is -0.449. The number of urea groups is 1. The number of piperazine rings is 1. The predicted octanol–water partition coefficient (Wildman–Crippen LogP) is 2.96. The number of esters is 1. The van der Waals surface area contributed by atoms with Crippen LogP contribution in [0.15, 0.2) is 54.6 Å². The number of carbonyl (C=O) groups excluding carboxylic acids is 2. The second-order valence-corrected chi connectivity index (χ2v) is 7.11. The molecule has 0 saturated carbocycles. The molecule has 1 saturated heterocycles. The summed E-state index contributed by atoms with van der Waals surface area (Å²) in [5, 5.41) is 3.52. The normalized spacial score (nSPS) is 15.1. The smallest absolute Gasteiger partial charge is 0.328 e. The number of rotatable bonds is 5. The first-order valence-corrected chi connectivity index (χ1v) is 9.62. The van der Waals surface area contributed by atoms with Crippen LogP contribution < -0.4 is 10.2 Å². The minimum absolute atomic E-state index is 0.253. The molecule has 1 atom stereocenters. The minimum Gasteiger partial charge on any atom is -0.467 e. The molecule has 0 radical (unpaired) electrons. The molecule has 0 bridgehead atoms. The van der Waals surface area contributed by atoms with Crippen molar-refractivity contribution in [2.75, 3.05) is 38.2 Å². The van der Waals surface area contributed by atoms with Gasteiger partial charge in [0.05, 0.1) is 7.11 Å². The number of nitrogens with zero attached hydrogens (tertiary/aromatic N) is 2. The monoisotopic (exact) mass is 401 g/mol.